The van der Waals surface area contributed by atoms with Crippen molar-refractivity contribution in [3.63, 3.8) is 0 Å². The number of sulfonamides is 1. The normalized spacial score (nSPS) is 17.1. The fraction of sp³-hybridized carbons (Fsp3) is 0.429. The molecule has 3 N–H and O–H groups in total. The molecule has 0 unspecified atom stereocenters. The van der Waals surface area contributed by atoms with Crippen LogP contribution in [0.3, 0.4) is 0 Å². The lowest BCUT2D eigenvalue weighted by Gasteiger charge is -2.37. The average Bonchev–Trinajstić information content (AvgIpc) is 2.66. The van der Waals surface area contributed by atoms with Crippen molar-refractivity contribution < 1.29 is 8.42 Å². The molecule has 0 aromatic heterocycles. The topological polar surface area (TPSA) is 78.7 Å². The predicted molar refractivity (Wildman–Crippen MR) is 122 cm³/mol. The molecule has 2 aromatic rings. The van der Waals surface area contributed by atoms with Gasteiger partial charge in [-0.15, -0.1) is 0 Å². The summed E-state index contributed by atoms with van der Waals surface area (Å²) in [4.78, 5) is 4.59. The summed E-state index contributed by atoms with van der Waals surface area (Å²) in [6, 6.07) is 8.40. The van der Waals surface area contributed by atoms with E-state index in [4.69, 9.17) is 5.73 Å². The zero-order chi connectivity index (χ0) is 20.9. The van der Waals surface area contributed by atoms with Crippen LogP contribution in [0.5, 0.6) is 0 Å². The molecule has 0 saturated carbocycles. The molecule has 4 rings (SSSR count). The highest BCUT2D eigenvalue weighted by Crippen LogP contribution is 2.48. The Morgan fingerprint density at radius 3 is 2.17 bits per heavy atom. The molecule has 0 atom stereocenters. The summed E-state index contributed by atoms with van der Waals surface area (Å²) in [6.45, 7) is 10.1. The summed E-state index contributed by atoms with van der Waals surface area (Å²) >= 11 is 1.74. The molecule has 156 valence electrons. The van der Waals surface area contributed by atoms with Crippen LogP contribution in [0, 0.1) is 13.8 Å². The van der Waals surface area contributed by atoms with Crippen molar-refractivity contribution in [3.05, 3.63) is 35.4 Å². The zero-order valence-corrected chi connectivity index (χ0v) is 19.0. The molecule has 6 nitrogen and oxygen atoms in total. The van der Waals surface area contributed by atoms with E-state index in [1.165, 1.54) is 10.5 Å². The molecule has 29 heavy (non-hydrogen) atoms. The van der Waals surface area contributed by atoms with E-state index in [0.29, 0.717) is 26.2 Å². The fourth-order valence-electron chi connectivity index (χ4n) is 3.92. The van der Waals surface area contributed by atoms with Gasteiger partial charge in [0.25, 0.3) is 0 Å². The summed E-state index contributed by atoms with van der Waals surface area (Å²) in [5.41, 5.74) is 12.5. The van der Waals surface area contributed by atoms with Crippen LogP contribution in [0.4, 0.5) is 22.7 Å². The SMILES string of the molecule is Cc1cc(N)cc2c1Nc1c(C)cc(N3CCN(S(=O)(=O)C(C)C)CC3)cc1S2. The van der Waals surface area contributed by atoms with Gasteiger partial charge in [-0.2, -0.15) is 4.31 Å². The van der Waals surface area contributed by atoms with Gasteiger partial charge < -0.3 is 16.0 Å². The minimum absolute atomic E-state index is 0.376. The number of aryl methyl sites for hydroxylation is 2. The maximum Gasteiger partial charge on any atom is 0.216 e. The molecule has 2 aliphatic heterocycles. The van der Waals surface area contributed by atoms with Crippen molar-refractivity contribution in [2.24, 2.45) is 0 Å². The third-order valence-corrected chi connectivity index (χ3v) is 9.00. The summed E-state index contributed by atoms with van der Waals surface area (Å²) in [5, 5.41) is 3.21. The minimum atomic E-state index is -3.19. The van der Waals surface area contributed by atoms with E-state index in [9.17, 15) is 8.42 Å². The van der Waals surface area contributed by atoms with Gasteiger partial charge in [0.05, 0.1) is 16.6 Å². The number of rotatable bonds is 3. The fourth-order valence-corrected chi connectivity index (χ4v) is 6.43. The Morgan fingerprint density at radius 1 is 0.966 bits per heavy atom. The number of nitrogen functional groups attached to an aromatic ring is 1. The Bertz CT molecular complexity index is 1060. The number of hydrogen-bond acceptors (Lipinski definition) is 6. The van der Waals surface area contributed by atoms with Crippen LogP contribution in [0.15, 0.2) is 34.1 Å². The Labute approximate surface area is 177 Å². The highest BCUT2D eigenvalue weighted by Gasteiger charge is 2.30. The number of nitrogens with zero attached hydrogens (tertiary/aromatic N) is 2. The second kappa shape index (κ2) is 7.41. The van der Waals surface area contributed by atoms with Crippen molar-refractivity contribution in [2.45, 2.75) is 42.7 Å². The van der Waals surface area contributed by atoms with Gasteiger partial charge in [0.15, 0.2) is 0 Å². The first-order valence-electron chi connectivity index (χ1n) is 9.90. The summed E-state index contributed by atoms with van der Waals surface area (Å²) in [5.74, 6) is 0. The van der Waals surface area contributed by atoms with E-state index < -0.39 is 10.0 Å². The van der Waals surface area contributed by atoms with E-state index in [1.54, 1.807) is 29.9 Å². The molecule has 2 heterocycles. The summed E-state index contributed by atoms with van der Waals surface area (Å²) in [6.07, 6.45) is 0. The first-order chi connectivity index (χ1) is 13.7. The molecule has 0 radical (unpaired) electrons. The molecular weight excluding hydrogens is 404 g/mol. The highest BCUT2D eigenvalue weighted by molar-refractivity contribution is 7.99. The maximum absolute atomic E-state index is 12.4. The second-order valence-electron chi connectivity index (χ2n) is 8.05. The number of nitrogens with two attached hydrogens (primary N) is 1. The quantitative estimate of drug-likeness (QED) is 0.610. The smallest absolute Gasteiger partial charge is 0.216 e. The van der Waals surface area contributed by atoms with Crippen molar-refractivity contribution in [3.8, 4) is 0 Å². The van der Waals surface area contributed by atoms with E-state index in [1.807, 2.05) is 12.1 Å². The molecule has 0 amide bonds. The van der Waals surface area contributed by atoms with E-state index in [-0.39, 0.29) is 5.25 Å². The Kier molecular flexibility index (Phi) is 5.21. The van der Waals surface area contributed by atoms with Gasteiger partial charge in [-0.25, -0.2) is 8.42 Å². The Morgan fingerprint density at radius 2 is 1.55 bits per heavy atom. The molecule has 2 aliphatic rings. The molecule has 8 heteroatoms. The van der Waals surface area contributed by atoms with E-state index >= 15 is 0 Å². The number of benzene rings is 2. The second-order valence-corrected chi connectivity index (χ2v) is 11.6. The number of nitrogens with one attached hydrogen (secondary N) is 1. The van der Waals surface area contributed by atoms with Gasteiger partial charge in [-0.05, 0) is 63.1 Å². The lowest BCUT2D eigenvalue weighted by Crippen LogP contribution is -2.50. The first-order valence-corrected chi connectivity index (χ1v) is 12.2. The molecule has 0 spiro atoms. The van der Waals surface area contributed by atoms with Gasteiger partial charge in [-0.1, -0.05) is 11.8 Å². The minimum Gasteiger partial charge on any atom is -0.399 e. The molecular formula is C21H28N4O2S2. The van der Waals surface area contributed by atoms with Crippen LogP contribution in [0.25, 0.3) is 0 Å². The van der Waals surface area contributed by atoms with Crippen molar-refractivity contribution in [1.29, 1.82) is 0 Å². The van der Waals surface area contributed by atoms with Crippen molar-refractivity contribution in [2.75, 3.05) is 42.1 Å². The van der Waals surface area contributed by atoms with Gasteiger partial charge in [-0.3, -0.25) is 0 Å². The standard InChI is InChI=1S/C21H28N4O2S2/c1-13(2)29(26,27)25-7-5-24(6-8-25)17-10-15(4)21-19(12-17)28-18-11-16(22)9-14(3)20(18)23-21/h9-13,23H,5-8,22H2,1-4H3. The number of hydrogen-bond donors (Lipinski definition) is 2. The number of piperazine rings is 1. The Hall–Kier alpha value is -1.90. The van der Waals surface area contributed by atoms with Crippen molar-refractivity contribution >= 4 is 44.5 Å². The third-order valence-electron chi connectivity index (χ3n) is 5.64. The van der Waals surface area contributed by atoms with Crippen LogP contribution in [-0.2, 0) is 10.0 Å². The number of anilines is 4. The number of fused-ring (bicyclic) bond motifs is 2. The molecule has 1 fully saturated rings. The van der Waals surface area contributed by atoms with E-state index in [0.717, 1.165) is 33.2 Å². The molecule has 0 bridgehead atoms. The summed E-state index contributed by atoms with van der Waals surface area (Å²) < 4.78 is 26.5. The van der Waals surface area contributed by atoms with Crippen LogP contribution >= 0.6 is 11.8 Å². The first kappa shape index (κ1) is 20.4. The molecule has 0 aliphatic carbocycles. The summed E-state index contributed by atoms with van der Waals surface area (Å²) in [7, 11) is -3.19. The lowest BCUT2D eigenvalue weighted by molar-refractivity contribution is 0.381. The predicted octanol–water partition coefficient (Wildman–Crippen LogP) is 3.95. The van der Waals surface area contributed by atoms with Gasteiger partial charge in [0.2, 0.25) is 10.0 Å². The van der Waals surface area contributed by atoms with Gasteiger partial charge >= 0.3 is 0 Å². The van der Waals surface area contributed by atoms with Gasteiger partial charge in [0.1, 0.15) is 0 Å². The highest BCUT2D eigenvalue weighted by atomic mass is 32.2. The van der Waals surface area contributed by atoms with Crippen LogP contribution in [-0.4, -0.2) is 44.2 Å². The average molecular weight is 433 g/mol. The maximum atomic E-state index is 12.4. The largest absolute Gasteiger partial charge is 0.399 e. The molecule has 2 aromatic carbocycles. The van der Waals surface area contributed by atoms with Crippen LogP contribution < -0.4 is 16.0 Å². The lowest BCUT2D eigenvalue weighted by atomic mass is 10.1. The van der Waals surface area contributed by atoms with Crippen LogP contribution in [0.1, 0.15) is 25.0 Å². The zero-order valence-electron chi connectivity index (χ0n) is 17.3. The van der Waals surface area contributed by atoms with Gasteiger partial charge in [0, 0.05) is 47.3 Å². The third kappa shape index (κ3) is 3.69. The van der Waals surface area contributed by atoms with E-state index in [2.05, 4.69) is 36.2 Å². The monoisotopic (exact) mass is 432 g/mol. The van der Waals surface area contributed by atoms with Crippen molar-refractivity contribution in [1.82, 2.24) is 4.31 Å². The Balaban J connectivity index is 1.57. The molecule has 1 saturated heterocycles. The van der Waals surface area contributed by atoms with Crippen LogP contribution in [0.2, 0.25) is 0 Å².